The van der Waals surface area contributed by atoms with Crippen molar-refractivity contribution >= 4 is 0 Å². The fourth-order valence-electron chi connectivity index (χ4n) is 4.72. The lowest BCUT2D eigenvalue weighted by molar-refractivity contribution is 0.171. The molecule has 4 aromatic rings. The predicted octanol–water partition coefficient (Wildman–Crippen LogP) is 8.71. The molecule has 0 aromatic heterocycles. The van der Waals surface area contributed by atoms with Crippen LogP contribution in [-0.2, 0) is 13.2 Å². The van der Waals surface area contributed by atoms with Crippen LogP contribution in [0.5, 0.6) is 11.5 Å². The molecule has 0 heterocycles. The Labute approximate surface area is 235 Å². The molecule has 0 bridgehead atoms. The van der Waals surface area contributed by atoms with Gasteiger partial charge in [0.25, 0.3) is 0 Å². The van der Waals surface area contributed by atoms with Crippen molar-refractivity contribution in [2.24, 2.45) is 0 Å². The number of hydrogen-bond donors (Lipinski definition) is 0. The van der Waals surface area contributed by atoms with Crippen molar-refractivity contribution in [3.05, 3.63) is 130 Å². The highest BCUT2D eigenvalue weighted by Gasteiger charge is 2.25. The molecule has 204 valence electrons. The highest BCUT2D eigenvalue weighted by molar-refractivity contribution is 5.49. The smallest absolute Gasteiger partial charge is 0.123 e. The second-order valence-electron chi connectivity index (χ2n) is 11.6. The van der Waals surface area contributed by atoms with Crippen molar-refractivity contribution in [1.29, 1.82) is 0 Å². The van der Waals surface area contributed by atoms with Crippen molar-refractivity contribution < 1.29 is 9.47 Å². The number of aryl methyl sites for hydroxylation is 2. The van der Waals surface area contributed by atoms with Crippen LogP contribution in [-0.4, -0.2) is 24.0 Å². The standard InChI is InChI=1S/C36H43NO2/c1-27-17-19-32(34(23-27)38-25-29-13-9-7-10-14-29)31(21-22-37(6)36(3,4)5)33-20-18-28(2)24-35(33)39-26-30-15-11-8-12-16-30/h7-20,23-24,31H,21-22,25-26H2,1-6H3. The first-order chi connectivity index (χ1) is 18.7. The van der Waals surface area contributed by atoms with Gasteiger partial charge < -0.3 is 14.4 Å². The zero-order valence-electron chi connectivity index (χ0n) is 24.4. The maximum Gasteiger partial charge on any atom is 0.123 e. The van der Waals surface area contributed by atoms with Gasteiger partial charge in [-0.15, -0.1) is 0 Å². The summed E-state index contributed by atoms with van der Waals surface area (Å²) >= 11 is 0. The molecular weight excluding hydrogens is 478 g/mol. The molecule has 39 heavy (non-hydrogen) atoms. The van der Waals surface area contributed by atoms with Crippen molar-refractivity contribution in [2.75, 3.05) is 13.6 Å². The van der Waals surface area contributed by atoms with E-state index < -0.39 is 0 Å². The topological polar surface area (TPSA) is 21.7 Å². The number of benzene rings is 4. The molecule has 0 amide bonds. The van der Waals surface area contributed by atoms with Crippen LogP contribution in [0.25, 0.3) is 0 Å². The highest BCUT2D eigenvalue weighted by Crippen LogP contribution is 2.40. The Bertz CT molecular complexity index is 1230. The van der Waals surface area contributed by atoms with Gasteiger partial charge in [0.15, 0.2) is 0 Å². The molecule has 4 aromatic carbocycles. The van der Waals surface area contributed by atoms with Crippen LogP contribution < -0.4 is 9.47 Å². The van der Waals surface area contributed by atoms with E-state index in [0.29, 0.717) is 13.2 Å². The minimum atomic E-state index is 0.0877. The van der Waals surface area contributed by atoms with Crippen molar-refractivity contribution in [3.8, 4) is 11.5 Å². The Hall–Kier alpha value is -3.56. The summed E-state index contributed by atoms with van der Waals surface area (Å²) in [6, 6.07) is 34.0. The van der Waals surface area contributed by atoms with Crippen molar-refractivity contribution in [1.82, 2.24) is 4.90 Å². The van der Waals surface area contributed by atoms with E-state index >= 15 is 0 Å². The molecule has 0 aliphatic heterocycles. The third kappa shape index (κ3) is 7.97. The molecule has 0 N–H and O–H groups in total. The summed E-state index contributed by atoms with van der Waals surface area (Å²) in [4.78, 5) is 2.43. The molecule has 0 spiro atoms. The third-order valence-electron chi connectivity index (χ3n) is 7.46. The summed E-state index contributed by atoms with van der Waals surface area (Å²) in [5, 5.41) is 0. The maximum atomic E-state index is 6.52. The Kier molecular flexibility index (Phi) is 9.48. The molecule has 0 aliphatic rings. The molecule has 3 heteroatoms. The molecule has 3 nitrogen and oxygen atoms in total. The normalized spacial score (nSPS) is 11.7. The van der Waals surface area contributed by atoms with Gasteiger partial charge >= 0.3 is 0 Å². The van der Waals surface area contributed by atoms with Crippen LogP contribution in [0.4, 0.5) is 0 Å². The Morgan fingerprint density at radius 1 is 0.641 bits per heavy atom. The number of rotatable bonds is 11. The van der Waals surface area contributed by atoms with Crippen molar-refractivity contribution in [2.45, 2.75) is 65.7 Å². The average Bonchev–Trinajstić information content (AvgIpc) is 2.92. The van der Waals surface area contributed by atoms with E-state index in [4.69, 9.17) is 9.47 Å². The van der Waals surface area contributed by atoms with E-state index in [0.717, 1.165) is 35.6 Å². The summed E-state index contributed by atoms with van der Waals surface area (Å²) in [5.74, 6) is 2.00. The molecule has 0 saturated carbocycles. The lowest BCUT2D eigenvalue weighted by atomic mass is 9.85. The summed E-state index contributed by atoms with van der Waals surface area (Å²) in [5.41, 5.74) is 7.20. The Balaban J connectivity index is 1.72. The third-order valence-corrected chi connectivity index (χ3v) is 7.46. The van der Waals surface area contributed by atoms with Crippen LogP contribution >= 0.6 is 0 Å². The van der Waals surface area contributed by atoms with E-state index in [9.17, 15) is 0 Å². The van der Waals surface area contributed by atoms with Gasteiger partial charge in [0.2, 0.25) is 0 Å². The van der Waals surface area contributed by atoms with Gasteiger partial charge in [-0.2, -0.15) is 0 Å². The number of ether oxygens (including phenoxy) is 2. The van der Waals surface area contributed by atoms with E-state index in [-0.39, 0.29) is 11.5 Å². The Morgan fingerprint density at radius 2 is 1.08 bits per heavy atom. The van der Waals surface area contributed by atoms with Crippen LogP contribution in [0.15, 0.2) is 97.1 Å². The molecular formula is C36H43NO2. The first-order valence-electron chi connectivity index (χ1n) is 14.0. The largest absolute Gasteiger partial charge is 0.489 e. The molecule has 0 unspecified atom stereocenters. The minimum Gasteiger partial charge on any atom is -0.489 e. The molecule has 0 saturated heterocycles. The second kappa shape index (κ2) is 13.0. The fraction of sp³-hybridized carbons (Fsp3) is 0.333. The van der Waals surface area contributed by atoms with Gasteiger partial charge in [-0.3, -0.25) is 0 Å². The Morgan fingerprint density at radius 3 is 1.49 bits per heavy atom. The van der Waals surface area contributed by atoms with Gasteiger partial charge in [-0.05, 0) is 89.0 Å². The quantitative estimate of drug-likeness (QED) is 0.197. The van der Waals surface area contributed by atoms with E-state index in [1.165, 1.54) is 22.3 Å². The van der Waals surface area contributed by atoms with Gasteiger partial charge in [-0.1, -0.05) is 84.9 Å². The minimum absolute atomic E-state index is 0.0877. The summed E-state index contributed by atoms with van der Waals surface area (Å²) < 4.78 is 13.0. The lowest BCUT2D eigenvalue weighted by Gasteiger charge is -2.33. The number of hydrogen-bond acceptors (Lipinski definition) is 3. The summed E-state index contributed by atoms with van der Waals surface area (Å²) in [6.45, 7) is 13.1. The van der Waals surface area contributed by atoms with Gasteiger partial charge in [-0.25, -0.2) is 0 Å². The second-order valence-corrected chi connectivity index (χ2v) is 11.6. The van der Waals surface area contributed by atoms with E-state index in [1.807, 2.05) is 12.1 Å². The van der Waals surface area contributed by atoms with Gasteiger partial charge in [0, 0.05) is 22.6 Å². The molecule has 0 fully saturated rings. The first kappa shape index (κ1) is 28.4. The average molecular weight is 522 g/mol. The van der Waals surface area contributed by atoms with Crippen LogP contribution in [0.3, 0.4) is 0 Å². The zero-order valence-corrected chi connectivity index (χ0v) is 24.4. The summed E-state index contributed by atoms with van der Waals surface area (Å²) in [7, 11) is 2.21. The fourth-order valence-corrected chi connectivity index (χ4v) is 4.72. The van der Waals surface area contributed by atoms with Gasteiger partial charge in [0.05, 0.1) is 0 Å². The van der Waals surface area contributed by atoms with Crippen molar-refractivity contribution in [3.63, 3.8) is 0 Å². The van der Waals surface area contributed by atoms with Crippen LogP contribution in [0.1, 0.15) is 66.5 Å². The molecule has 0 atom stereocenters. The highest BCUT2D eigenvalue weighted by atomic mass is 16.5. The van der Waals surface area contributed by atoms with Crippen LogP contribution in [0.2, 0.25) is 0 Å². The van der Waals surface area contributed by atoms with E-state index in [2.05, 4.69) is 131 Å². The van der Waals surface area contributed by atoms with E-state index in [1.54, 1.807) is 0 Å². The lowest BCUT2D eigenvalue weighted by Crippen LogP contribution is -2.39. The number of nitrogens with zero attached hydrogens (tertiary/aromatic N) is 1. The first-order valence-corrected chi connectivity index (χ1v) is 14.0. The summed E-state index contributed by atoms with van der Waals surface area (Å²) in [6.07, 6.45) is 0.948. The van der Waals surface area contributed by atoms with Gasteiger partial charge in [0.1, 0.15) is 24.7 Å². The monoisotopic (exact) mass is 521 g/mol. The van der Waals surface area contributed by atoms with Crippen LogP contribution in [0, 0.1) is 13.8 Å². The molecule has 0 radical (unpaired) electrons. The molecule has 4 rings (SSSR count). The maximum absolute atomic E-state index is 6.52. The SMILES string of the molecule is Cc1ccc(C(CCN(C)C(C)(C)C)c2ccc(C)cc2OCc2ccccc2)c(OCc2ccccc2)c1. The predicted molar refractivity (Wildman–Crippen MR) is 163 cm³/mol. The molecule has 0 aliphatic carbocycles. The zero-order chi connectivity index (χ0) is 27.8.